The lowest BCUT2D eigenvalue weighted by atomic mass is 10.1. The van der Waals surface area contributed by atoms with Crippen LogP contribution in [0.2, 0.25) is 0 Å². The molecular formula is C14H17FN2O. The first-order valence-electron chi connectivity index (χ1n) is 5.73. The Morgan fingerprint density at radius 2 is 2.17 bits per heavy atom. The zero-order valence-electron chi connectivity index (χ0n) is 10.8. The molecule has 0 bridgehead atoms. The number of amides is 1. The van der Waals surface area contributed by atoms with Crippen LogP contribution in [0.25, 0.3) is 0 Å². The summed E-state index contributed by atoms with van der Waals surface area (Å²) in [5.74, 6) is 4.77. The fraction of sp³-hybridized carbons (Fsp3) is 0.357. The van der Waals surface area contributed by atoms with Crippen molar-refractivity contribution >= 4 is 5.91 Å². The van der Waals surface area contributed by atoms with Crippen LogP contribution >= 0.6 is 0 Å². The lowest BCUT2D eigenvalue weighted by Crippen LogP contribution is -2.33. The van der Waals surface area contributed by atoms with Gasteiger partial charge in [0.15, 0.2) is 0 Å². The largest absolute Gasteiger partial charge is 0.339 e. The quantitative estimate of drug-likeness (QED) is 0.808. The van der Waals surface area contributed by atoms with Crippen LogP contribution in [0.15, 0.2) is 18.2 Å². The molecule has 0 saturated carbocycles. The van der Waals surface area contributed by atoms with E-state index in [1.165, 1.54) is 18.2 Å². The van der Waals surface area contributed by atoms with E-state index >= 15 is 0 Å². The number of halogens is 1. The molecule has 0 aliphatic rings. The van der Waals surface area contributed by atoms with Gasteiger partial charge < -0.3 is 10.6 Å². The molecule has 0 aliphatic carbocycles. The van der Waals surface area contributed by atoms with Gasteiger partial charge in [0.25, 0.3) is 5.91 Å². The molecule has 0 unspecified atom stereocenters. The van der Waals surface area contributed by atoms with Crippen LogP contribution in [-0.4, -0.2) is 30.4 Å². The minimum absolute atomic E-state index is 0.0675. The van der Waals surface area contributed by atoms with E-state index < -0.39 is 5.82 Å². The van der Waals surface area contributed by atoms with E-state index in [0.29, 0.717) is 11.1 Å². The van der Waals surface area contributed by atoms with E-state index in [0.717, 1.165) is 0 Å². The molecule has 0 aliphatic heterocycles. The Bertz CT molecular complexity index is 500. The van der Waals surface area contributed by atoms with Gasteiger partial charge in [0, 0.05) is 18.7 Å². The van der Waals surface area contributed by atoms with Gasteiger partial charge >= 0.3 is 0 Å². The Balaban J connectivity index is 3.19. The second-order valence-corrected chi connectivity index (χ2v) is 4.21. The third-order valence-electron chi connectivity index (χ3n) is 2.63. The first kappa shape index (κ1) is 14.2. The lowest BCUT2D eigenvalue weighted by molar-refractivity contribution is 0.0754. The third kappa shape index (κ3) is 3.31. The monoisotopic (exact) mass is 248 g/mol. The Morgan fingerprint density at radius 3 is 2.72 bits per heavy atom. The van der Waals surface area contributed by atoms with Crippen molar-refractivity contribution in [3.63, 3.8) is 0 Å². The van der Waals surface area contributed by atoms with Gasteiger partial charge in [-0.25, -0.2) is 4.39 Å². The smallest absolute Gasteiger partial charge is 0.255 e. The molecule has 0 heterocycles. The molecule has 0 saturated heterocycles. The summed E-state index contributed by atoms with van der Waals surface area (Å²) in [4.78, 5) is 13.8. The van der Waals surface area contributed by atoms with Gasteiger partial charge in [-0.05, 0) is 32.0 Å². The summed E-state index contributed by atoms with van der Waals surface area (Å²) in [6, 6.07) is 4.04. The molecule has 2 N–H and O–H groups in total. The summed E-state index contributed by atoms with van der Waals surface area (Å²) in [5, 5.41) is 0. The molecule has 0 atom stereocenters. The van der Waals surface area contributed by atoms with Gasteiger partial charge in [-0.2, -0.15) is 0 Å². The first-order valence-corrected chi connectivity index (χ1v) is 5.73. The molecule has 1 rings (SSSR count). The maximum atomic E-state index is 13.2. The van der Waals surface area contributed by atoms with Gasteiger partial charge in [0.2, 0.25) is 0 Å². The summed E-state index contributed by atoms with van der Waals surface area (Å²) < 4.78 is 13.2. The lowest BCUT2D eigenvalue weighted by Gasteiger charge is -2.22. The van der Waals surface area contributed by atoms with Crippen LogP contribution in [0.5, 0.6) is 0 Å². The standard InChI is InChI=1S/C14H17FN2O/c1-10(2)17(3)14(18)13-7-6-12(15)9-11(13)5-4-8-16/h6-7,9-10H,8,16H2,1-3H3. The van der Waals surface area contributed by atoms with E-state index in [2.05, 4.69) is 11.8 Å². The van der Waals surface area contributed by atoms with Crippen LogP contribution in [0.4, 0.5) is 4.39 Å². The fourth-order valence-corrected chi connectivity index (χ4v) is 1.38. The molecule has 1 aromatic rings. The summed E-state index contributed by atoms with van der Waals surface area (Å²) in [5.41, 5.74) is 6.06. The third-order valence-corrected chi connectivity index (χ3v) is 2.63. The summed E-state index contributed by atoms with van der Waals surface area (Å²) in [7, 11) is 1.70. The number of nitrogens with two attached hydrogens (primary N) is 1. The Morgan fingerprint density at radius 1 is 1.50 bits per heavy atom. The van der Waals surface area contributed by atoms with E-state index in [1.807, 2.05) is 13.8 Å². The molecule has 18 heavy (non-hydrogen) atoms. The highest BCUT2D eigenvalue weighted by molar-refractivity contribution is 5.96. The summed E-state index contributed by atoms with van der Waals surface area (Å²) in [6.45, 7) is 3.99. The first-order chi connectivity index (χ1) is 8.47. The highest BCUT2D eigenvalue weighted by atomic mass is 19.1. The average Bonchev–Trinajstić information content (AvgIpc) is 2.34. The predicted molar refractivity (Wildman–Crippen MR) is 69.6 cm³/mol. The number of hydrogen-bond donors (Lipinski definition) is 1. The van der Waals surface area contributed by atoms with Crippen molar-refractivity contribution in [2.45, 2.75) is 19.9 Å². The molecule has 0 aromatic heterocycles. The van der Waals surface area contributed by atoms with Crippen molar-refractivity contribution in [2.24, 2.45) is 5.73 Å². The van der Waals surface area contributed by atoms with Crippen molar-refractivity contribution in [1.82, 2.24) is 4.90 Å². The van der Waals surface area contributed by atoms with Crippen LogP contribution < -0.4 is 5.73 Å². The highest BCUT2D eigenvalue weighted by Gasteiger charge is 2.17. The average molecular weight is 248 g/mol. The topological polar surface area (TPSA) is 46.3 Å². The molecule has 96 valence electrons. The van der Waals surface area contributed by atoms with Crippen molar-refractivity contribution in [2.75, 3.05) is 13.6 Å². The van der Waals surface area contributed by atoms with Crippen LogP contribution in [0.3, 0.4) is 0 Å². The van der Waals surface area contributed by atoms with Gasteiger partial charge in [-0.3, -0.25) is 4.79 Å². The zero-order valence-corrected chi connectivity index (χ0v) is 10.8. The minimum atomic E-state index is -0.417. The van der Waals surface area contributed by atoms with Gasteiger partial charge in [0.05, 0.1) is 12.1 Å². The summed E-state index contributed by atoms with van der Waals surface area (Å²) in [6.07, 6.45) is 0. The number of hydrogen-bond acceptors (Lipinski definition) is 2. The van der Waals surface area contributed by atoms with Gasteiger partial charge in [0.1, 0.15) is 5.82 Å². The number of carbonyl (C=O) groups is 1. The molecular weight excluding hydrogens is 231 g/mol. The van der Waals surface area contributed by atoms with E-state index in [9.17, 15) is 9.18 Å². The Hall–Kier alpha value is -1.86. The summed E-state index contributed by atoms with van der Waals surface area (Å²) >= 11 is 0. The molecule has 1 aromatic carbocycles. The maximum Gasteiger partial charge on any atom is 0.255 e. The molecule has 0 radical (unpaired) electrons. The van der Waals surface area contributed by atoms with Crippen molar-refractivity contribution in [1.29, 1.82) is 0 Å². The Labute approximate surface area is 107 Å². The van der Waals surface area contributed by atoms with Crippen molar-refractivity contribution in [3.05, 3.63) is 35.1 Å². The molecule has 4 heteroatoms. The number of carbonyl (C=O) groups excluding carboxylic acids is 1. The van der Waals surface area contributed by atoms with Crippen LogP contribution in [0.1, 0.15) is 29.8 Å². The fourth-order valence-electron chi connectivity index (χ4n) is 1.38. The zero-order chi connectivity index (χ0) is 13.7. The normalized spacial score (nSPS) is 9.89. The second kappa shape index (κ2) is 6.18. The van der Waals surface area contributed by atoms with E-state index in [1.54, 1.807) is 11.9 Å². The number of nitrogens with zero attached hydrogens (tertiary/aromatic N) is 1. The minimum Gasteiger partial charge on any atom is -0.339 e. The maximum absolute atomic E-state index is 13.2. The second-order valence-electron chi connectivity index (χ2n) is 4.21. The predicted octanol–water partition coefficient (Wildman–Crippen LogP) is 1.62. The van der Waals surface area contributed by atoms with E-state index in [-0.39, 0.29) is 18.5 Å². The SMILES string of the molecule is CC(C)N(C)C(=O)c1ccc(F)cc1C#CCN. The molecule has 0 spiro atoms. The van der Waals surface area contributed by atoms with E-state index in [4.69, 9.17) is 5.73 Å². The molecule has 1 amide bonds. The van der Waals surface area contributed by atoms with Crippen LogP contribution in [-0.2, 0) is 0 Å². The van der Waals surface area contributed by atoms with Gasteiger partial charge in [-0.15, -0.1) is 0 Å². The van der Waals surface area contributed by atoms with Crippen molar-refractivity contribution < 1.29 is 9.18 Å². The number of benzene rings is 1. The Kier molecular flexibility index (Phi) is 4.87. The van der Waals surface area contributed by atoms with Crippen molar-refractivity contribution in [3.8, 4) is 11.8 Å². The number of rotatable bonds is 2. The van der Waals surface area contributed by atoms with Gasteiger partial charge in [-0.1, -0.05) is 11.8 Å². The van der Waals surface area contributed by atoms with Crippen LogP contribution in [0, 0.1) is 17.7 Å². The highest BCUT2D eigenvalue weighted by Crippen LogP contribution is 2.13. The molecule has 3 nitrogen and oxygen atoms in total. The molecule has 0 fully saturated rings.